The molecule has 1 aromatic carbocycles. The average Bonchev–Trinajstić information content (AvgIpc) is 2.38. The molecular formula is C15H18N4O. The first-order chi connectivity index (χ1) is 9.38. The van der Waals surface area contributed by atoms with Crippen molar-refractivity contribution in [1.29, 1.82) is 5.41 Å². The largest absolute Gasteiger partial charge is 0.437 e. The van der Waals surface area contributed by atoms with E-state index in [9.17, 15) is 0 Å². The number of rotatable bonds is 3. The van der Waals surface area contributed by atoms with E-state index in [0.29, 0.717) is 11.3 Å². The van der Waals surface area contributed by atoms with Crippen LogP contribution in [0.2, 0.25) is 0 Å². The third kappa shape index (κ3) is 3.12. The molecule has 0 amide bonds. The molecule has 0 spiro atoms. The van der Waals surface area contributed by atoms with Gasteiger partial charge in [0, 0.05) is 0 Å². The second-order valence-corrected chi connectivity index (χ2v) is 5.54. The Labute approximate surface area is 118 Å². The van der Waals surface area contributed by atoms with Crippen molar-refractivity contribution in [2.45, 2.75) is 26.2 Å². The molecular weight excluding hydrogens is 252 g/mol. The van der Waals surface area contributed by atoms with Gasteiger partial charge in [-0.05, 0) is 29.2 Å². The van der Waals surface area contributed by atoms with Crippen LogP contribution < -0.4 is 10.5 Å². The Hall–Kier alpha value is -2.43. The lowest BCUT2D eigenvalue weighted by Crippen LogP contribution is -2.14. The molecule has 0 radical (unpaired) electrons. The quantitative estimate of drug-likeness (QED) is 0.663. The van der Waals surface area contributed by atoms with Crippen molar-refractivity contribution in [3.05, 3.63) is 47.7 Å². The zero-order valence-electron chi connectivity index (χ0n) is 11.8. The lowest BCUT2D eigenvalue weighted by Gasteiger charge is -2.19. The Morgan fingerprint density at radius 2 is 2.00 bits per heavy atom. The molecule has 5 heteroatoms. The van der Waals surface area contributed by atoms with Crippen LogP contribution in [0.25, 0.3) is 0 Å². The van der Waals surface area contributed by atoms with Gasteiger partial charge < -0.3 is 10.5 Å². The number of benzene rings is 1. The molecule has 0 aliphatic heterocycles. The fourth-order valence-electron chi connectivity index (χ4n) is 1.74. The molecule has 1 aromatic heterocycles. The van der Waals surface area contributed by atoms with Gasteiger partial charge in [0.25, 0.3) is 0 Å². The van der Waals surface area contributed by atoms with Gasteiger partial charge in [0.15, 0.2) is 0 Å². The molecule has 20 heavy (non-hydrogen) atoms. The van der Waals surface area contributed by atoms with Crippen LogP contribution in [0.3, 0.4) is 0 Å². The van der Waals surface area contributed by atoms with Crippen LogP contribution in [0, 0.1) is 5.41 Å². The van der Waals surface area contributed by atoms with Crippen molar-refractivity contribution in [1.82, 2.24) is 10.2 Å². The lowest BCUT2D eigenvalue weighted by atomic mass is 9.87. The number of nitrogens with two attached hydrogens (primary N) is 1. The molecule has 0 aliphatic carbocycles. The Balaban J connectivity index is 2.34. The second kappa shape index (κ2) is 5.28. The summed E-state index contributed by atoms with van der Waals surface area (Å²) < 4.78 is 5.71. The Morgan fingerprint density at radius 1 is 1.25 bits per heavy atom. The summed E-state index contributed by atoms with van der Waals surface area (Å²) in [4.78, 5) is 0. The maximum Gasteiger partial charge on any atom is 0.249 e. The first-order valence-electron chi connectivity index (χ1n) is 6.32. The second-order valence-electron chi connectivity index (χ2n) is 5.54. The van der Waals surface area contributed by atoms with Crippen molar-refractivity contribution in [2.24, 2.45) is 5.73 Å². The highest BCUT2D eigenvalue weighted by Gasteiger charge is 2.15. The summed E-state index contributed by atoms with van der Waals surface area (Å²) in [5.74, 6) is 0.799. The van der Waals surface area contributed by atoms with E-state index >= 15 is 0 Å². The Morgan fingerprint density at radius 3 is 2.65 bits per heavy atom. The number of hydrogen-bond acceptors (Lipinski definition) is 4. The SMILES string of the molecule is CC(C)(C)c1cccc(Oc2nnccc2C(=N)N)c1. The summed E-state index contributed by atoms with van der Waals surface area (Å²) in [6, 6.07) is 9.39. The zero-order valence-corrected chi connectivity index (χ0v) is 11.8. The minimum Gasteiger partial charge on any atom is -0.437 e. The summed E-state index contributed by atoms with van der Waals surface area (Å²) in [6.45, 7) is 6.40. The van der Waals surface area contributed by atoms with Crippen LogP contribution in [0.1, 0.15) is 31.9 Å². The van der Waals surface area contributed by atoms with E-state index in [1.807, 2.05) is 18.2 Å². The van der Waals surface area contributed by atoms with E-state index in [1.54, 1.807) is 6.07 Å². The molecule has 0 unspecified atom stereocenters. The highest BCUT2D eigenvalue weighted by atomic mass is 16.5. The van der Waals surface area contributed by atoms with Gasteiger partial charge in [-0.15, -0.1) is 5.10 Å². The molecule has 0 saturated carbocycles. The number of hydrogen-bond donors (Lipinski definition) is 2. The molecule has 0 fully saturated rings. The van der Waals surface area contributed by atoms with Crippen LogP contribution in [0.4, 0.5) is 0 Å². The van der Waals surface area contributed by atoms with Crippen molar-refractivity contribution in [3.63, 3.8) is 0 Å². The molecule has 0 aliphatic rings. The molecule has 2 rings (SSSR count). The van der Waals surface area contributed by atoms with E-state index in [1.165, 1.54) is 6.20 Å². The van der Waals surface area contributed by atoms with Gasteiger partial charge in [-0.2, -0.15) is 5.10 Å². The topological polar surface area (TPSA) is 84.9 Å². The molecule has 2 aromatic rings. The predicted octanol–water partition coefficient (Wildman–Crippen LogP) is 2.85. The predicted molar refractivity (Wildman–Crippen MR) is 78.3 cm³/mol. The van der Waals surface area contributed by atoms with Crippen molar-refractivity contribution < 1.29 is 4.74 Å². The summed E-state index contributed by atoms with van der Waals surface area (Å²) in [5, 5.41) is 15.2. The summed E-state index contributed by atoms with van der Waals surface area (Å²) in [7, 11) is 0. The van der Waals surface area contributed by atoms with E-state index < -0.39 is 0 Å². The van der Waals surface area contributed by atoms with E-state index in [2.05, 4.69) is 37.0 Å². The molecule has 0 bridgehead atoms. The van der Waals surface area contributed by atoms with Gasteiger partial charge in [-0.25, -0.2) is 0 Å². The van der Waals surface area contributed by atoms with Crippen LogP contribution in [-0.4, -0.2) is 16.0 Å². The Bertz CT molecular complexity index is 632. The van der Waals surface area contributed by atoms with E-state index in [-0.39, 0.29) is 17.1 Å². The number of nitrogens with one attached hydrogen (secondary N) is 1. The van der Waals surface area contributed by atoms with Gasteiger partial charge in [-0.3, -0.25) is 5.41 Å². The normalized spacial score (nSPS) is 11.2. The maximum atomic E-state index is 7.51. The van der Waals surface area contributed by atoms with E-state index in [4.69, 9.17) is 15.9 Å². The van der Waals surface area contributed by atoms with Gasteiger partial charge in [0.1, 0.15) is 11.6 Å². The van der Waals surface area contributed by atoms with Crippen LogP contribution in [-0.2, 0) is 5.41 Å². The number of nitrogens with zero attached hydrogens (tertiary/aromatic N) is 2. The number of nitrogen functional groups attached to an aromatic ring is 1. The minimum absolute atomic E-state index is 0.0329. The van der Waals surface area contributed by atoms with Crippen molar-refractivity contribution in [3.8, 4) is 11.6 Å². The third-order valence-corrected chi connectivity index (χ3v) is 2.89. The average molecular weight is 270 g/mol. The van der Waals surface area contributed by atoms with Crippen LogP contribution >= 0.6 is 0 Å². The van der Waals surface area contributed by atoms with Gasteiger partial charge in [-0.1, -0.05) is 32.9 Å². The molecule has 0 saturated heterocycles. The number of aromatic nitrogens is 2. The number of ether oxygens (including phenoxy) is 1. The molecule has 5 nitrogen and oxygen atoms in total. The minimum atomic E-state index is -0.0955. The fraction of sp³-hybridized carbons (Fsp3) is 0.267. The highest BCUT2D eigenvalue weighted by Crippen LogP contribution is 2.28. The van der Waals surface area contributed by atoms with Crippen LogP contribution in [0.15, 0.2) is 36.5 Å². The zero-order chi connectivity index (χ0) is 14.8. The Kier molecular flexibility index (Phi) is 3.70. The summed E-state index contributed by atoms with van der Waals surface area (Å²) in [6.07, 6.45) is 1.48. The molecule has 0 atom stereocenters. The molecule has 3 N–H and O–H groups in total. The van der Waals surface area contributed by atoms with Crippen LogP contribution in [0.5, 0.6) is 11.6 Å². The molecule has 1 heterocycles. The maximum absolute atomic E-state index is 7.51. The van der Waals surface area contributed by atoms with Gasteiger partial charge in [0.2, 0.25) is 5.88 Å². The summed E-state index contributed by atoms with van der Waals surface area (Å²) >= 11 is 0. The third-order valence-electron chi connectivity index (χ3n) is 2.89. The fourth-order valence-corrected chi connectivity index (χ4v) is 1.74. The van der Waals surface area contributed by atoms with Gasteiger partial charge in [0.05, 0.1) is 11.8 Å². The highest BCUT2D eigenvalue weighted by molar-refractivity contribution is 5.96. The first kappa shape index (κ1) is 14.0. The monoisotopic (exact) mass is 270 g/mol. The van der Waals surface area contributed by atoms with Crippen molar-refractivity contribution >= 4 is 5.84 Å². The van der Waals surface area contributed by atoms with Crippen molar-refractivity contribution in [2.75, 3.05) is 0 Å². The first-order valence-corrected chi connectivity index (χ1v) is 6.32. The van der Waals surface area contributed by atoms with E-state index in [0.717, 1.165) is 5.56 Å². The standard InChI is InChI=1S/C15H18N4O/c1-15(2,3)10-5-4-6-11(9-10)20-14-12(13(16)17)7-8-18-19-14/h4-9H,1-3H3,(H3,16,17). The molecule has 104 valence electrons. The summed E-state index contributed by atoms with van der Waals surface area (Å²) in [5.41, 5.74) is 7.12. The lowest BCUT2D eigenvalue weighted by molar-refractivity contribution is 0.451. The smallest absolute Gasteiger partial charge is 0.249 e. The number of amidine groups is 1. The van der Waals surface area contributed by atoms with Gasteiger partial charge >= 0.3 is 0 Å².